The molecule has 0 radical (unpaired) electrons. The van der Waals surface area contributed by atoms with Crippen LogP contribution in [0.1, 0.15) is 22.5 Å². The van der Waals surface area contributed by atoms with Gasteiger partial charge in [0.25, 0.3) is 0 Å². The molecule has 0 unspecified atom stereocenters. The number of nitrogens with one attached hydrogen (secondary N) is 1. The maximum absolute atomic E-state index is 13.2. The predicted octanol–water partition coefficient (Wildman–Crippen LogP) is 3.97. The molecule has 0 saturated heterocycles. The van der Waals surface area contributed by atoms with Crippen molar-refractivity contribution in [2.75, 3.05) is 7.05 Å². The molecule has 0 aliphatic rings. The van der Waals surface area contributed by atoms with Crippen molar-refractivity contribution >= 4 is 23.5 Å². The average molecular weight is 396 g/mol. The molecule has 2 aromatic carbocycles. The topological polar surface area (TPSA) is 45.5 Å². The first-order chi connectivity index (χ1) is 13.5. The lowest BCUT2D eigenvalue weighted by Crippen LogP contribution is -2.33. The van der Waals surface area contributed by atoms with E-state index >= 15 is 0 Å². The van der Waals surface area contributed by atoms with E-state index in [1.165, 1.54) is 12.1 Å². The zero-order valence-corrected chi connectivity index (χ0v) is 16.9. The molecule has 0 saturated carbocycles. The molecule has 0 bridgehead atoms. The van der Waals surface area contributed by atoms with Gasteiger partial charge >= 0.3 is 0 Å². The smallest absolute Gasteiger partial charge is 0.189 e. The first-order valence-electron chi connectivity index (χ1n) is 8.87. The van der Waals surface area contributed by atoms with Crippen LogP contribution in [-0.4, -0.2) is 33.2 Å². The van der Waals surface area contributed by atoms with E-state index in [9.17, 15) is 4.39 Å². The first kappa shape index (κ1) is 19.7. The summed E-state index contributed by atoms with van der Waals surface area (Å²) < 4.78 is 14.9. The van der Waals surface area contributed by atoms with E-state index in [0.717, 1.165) is 28.2 Å². The van der Waals surface area contributed by atoms with Crippen molar-refractivity contribution in [2.45, 2.75) is 20.4 Å². The fraction of sp³-hybridized carbons (Fsp3) is 0.190. The molecule has 0 aliphatic heterocycles. The molecule has 1 heterocycles. The van der Waals surface area contributed by atoms with Crippen molar-refractivity contribution in [1.82, 2.24) is 20.1 Å². The van der Waals surface area contributed by atoms with E-state index in [2.05, 4.69) is 15.5 Å². The second kappa shape index (κ2) is 8.75. The molecule has 0 atom stereocenters. The van der Waals surface area contributed by atoms with E-state index in [4.69, 9.17) is 12.2 Å². The number of hydrazone groups is 1. The van der Waals surface area contributed by atoms with E-state index in [1.54, 1.807) is 35.1 Å². The minimum absolute atomic E-state index is 0.273. The third kappa shape index (κ3) is 4.61. The van der Waals surface area contributed by atoms with Crippen LogP contribution in [0, 0.1) is 19.7 Å². The zero-order valence-electron chi connectivity index (χ0n) is 16.1. The number of hydrogen-bond acceptors (Lipinski definition) is 3. The third-order valence-electron chi connectivity index (χ3n) is 4.36. The number of hydrogen-bond donors (Lipinski definition) is 1. The summed E-state index contributed by atoms with van der Waals surface area (Å²) >= 11 is 5.40. The molecule has 1 aromatic heterocycles. The standard InChI is InChI=1S/C21H22FN5S/c1-15-20(16(2)27(25-15)19-11-9-18(22)10-12-19)14-24-26(3)21(28)23-13-17-7-5-4-6-8-17/h4-12,14H,13H2,1-3H3,(H,23,28)/b24-14-. The molecule has 3 rings (SSSR count). The Morgan fingerprint density at radius 3 is 2.54 bits per heavy atom. The molecule has 5 nitrogen and oxygen atoms in total. The fourth-order valence-corrected chi connectivity index (χ4v) is 2.88. The van der Waals surface area contributed by atoms with Crippen LogP contribution in [-0.2, 0) is 6.54 Å². The number of nitrogens with zero attached hydrogens (tertiary/aromatic N) is 4. The summed E-state index contributed by atoms with van der Waals surface area (Å²) in [5.74, 6) is -0.273. The summed E-state index contributed by atoms with van der Waals surface area (Å²) in [6.45, 7) is 4.51. The average Bonchev–Trinajstić information content (AvgIpc) is 2.99. The lowest BCUT2D eigenvalue weighted by molar-refractivity contribution is 0.532. The van der Waals surface area contributed by atoms with Gasteiger partial charge < -0.3 is 5.32 Å². The molecular weight excluding hydrogens is 373 g/mol. The highest BCUT2D eigenvalue weighted by molar-refractivity contribution is 7.80. The Kier molecular flexibility index (Phi) is 6.16. The minimum Gasteiger partial charge on any atom is -0.357 e. The van der Waals surface area contributed by atoms with E-state index in [-0.39, 0.29) is 5.82 Å². The summed E-state index contributed by atoms with van der Waals surface area (Å²) in [5.41, 5.74) is 4.61. The molecule has 1 N–H and O–H groups in total. The normalized spacial score (nSPS) is 11.0. The third-order valence-corrected chi connectivity index (χ3v) is 4.77. The lowest BCUT2D eigenvalue weighted by Gasteiger charge is -2.15. The summed E-state index contributed by atoms with van der Waals surface area (Å²) in [7, 11) is 1.80. The molecule has 28 heavy (non-hydrogen) atoms. The van der Waals surface area contributed by atoms with Crippen molar-refractivity contribution in [3.05, 3.63) is 82.9 Å². The van der Waals surface area contributed by atoms with Gasteiger partial charge in [0, 0.05) is 19.2 Å². The van der Waals surface area contributed by atoms with Crippen LogP contribution in [0.4, 0.5) is 4.39 Å². The summed E-state index contributed by atoms with van der Waals surface area (Å²) in [6, 6.07) is 16.3. The van der Waals surface area contributed by atoms with Crippen molar-refractivity contribution in [3.63, 3.8) is 0 Å². The van der Waals surface area contributed by atoms with Gasteiger partial charge in [-0.2, -0.15) is 10.2 Å². The maximum atomic E-state index is 13.2. The quantitative estimate of drug-likeness (QED) is 0.403. The Morgan fingerprint density at radius 1 is 1.18 bits per heavy atom. The number of aromatic nitrogens is 2. The Hall–Kier alpha value is -3.06. The van der Waals surface area contributed by atoms with Crippen molar-refractivity contribution in [2.24, 2.45) is 5.10 Å². The van der Waals surface area contributed by atoms with Crippen molar-refractivity contribution in [3.8, 4) is 5.69 Å². The van der Waals surface area contributed by atoms with Crippen LogP contribution >= 0.6 is 12.2 Å². The Morgan fingerprint density at radius 2 is 1.86 bits per heavy atom. The SMILES string of the molecule is Cc1nn(-c2ccc(F)cc2)c(C)c1/C=N\N(C)C(=S)NCc1ccccc1. The second-order valence-corrected chi connectivity index (χ2v) is 6.77. The fourth-order valence-electron chi connectivity index (χ4n) is 2.76. The highest BCUT2D eigenvalue weighted by Gasteiger charge is 2.12. The highest BCUT2D eigenvalue weighted by atomic mass is 32.1. The van der Waals surface area contributed by atoms with Crippen LogP contribution in [0.25, 0.3) is 5.69 Å². The molecule has 144 valence electrons. The predicted molar refractivity (Wildman–Crippen MR) is 114 cm³/mol. The van der Waals surface area contributed by atoms with Crippen LogP contribution in [0.2, 0.25) is 0 Å². The van der Waals surface area contributed by atoms with Gasteiger partial charge in [-0.05, 0) is 55.9 Å². The number of rotatable bonds is 5. The van der Waals surface area contributed by atoms with Gasteiger partial charge in [0.15, 0.2) is 5.11 Å². The highest BCUT2D eigenvalue weighted by Crippen LogP contribution is 2.17. The van der Waals surface area contributed by atoms with E-state index < -0.39 is 0 Å². The molecule has 0 amide bonds. The molecule has 0 spiro atoms. The second-order valence-electron chi connectivity index (χ2n) is 6.39. The zero-order chi connectivity index (χ0) is 20.1. The Bertz CT molecular complexity index is 980. The van der Waals surface area contributed by atoms with E-state index in [0.29, 0.717) is 11.7 Å². The minimum atomic E-state index is -0.273. The number of halogens is 1. The number of thiocarbonyl (C=S) groups is 1. The Balaban J connectivity index is 1.69. The van der Waals surface area contributed by atoms with Gasteiger partial charge in [0.2, 0.25) is 0 Å². The van der Waals surface area contributed by atoms with Crippen LogP contribution in [0.5, 0.6) is 0 Å². The summed E-state index contributed by atoms with van der Waals surface area (Å²) in [4.78, 5) is 0. The summed E-state index contributed by atoms with van der Waals surface area (Å²) in [5, 5.41) is 14.3. The Labute approximate surface area is 169 Å². The molecule has 7 heteroatoms. The number of aryl methyl sites for hydroxylation is 1. The van der Waals surface area contributed by atoms with Gasteiger partial charge in [-0.3, -0.25) is 0 Å². The maximum Gasteiger partial charge on any atom is 0.189 e. The first-order valence-corrected chi connectivity index (χ1v) is 9.28. The lowest BCUT2D eigenvalue weighted by atomic mass is 10.2. The van der Waals surface area contributed by atoms with Gasteiger partial charge in [-0.25, -0.2) is 14.1 Å². The van der Waals surface area contributed by atoms with Crippen LogP contribution < -0.4 is 5.32 Å². The van der Waals surface area contributed by atoms with Gasteiger partial charge in [-0.1, -0.05) is 30.3 Å². The van der Waals surface area contributed by atoms with Crippen LogP contribution in [0.15, 0.2) is 59.7 Å². The van der Waals surface area contributed by atoms with Crippen molar-refractivity contribution in [1.29, 1.82) is 0 Å². The van der Waals surface area contributed by atoms with Gasteiger partial charge in [-0.15, -0.1) is 0 Å². The van der Waals surface area contributed by atoms with E-state index in [1.807, 2.05) is 44.2 Å². The monoisotopic (exact) mass is 395 g/mol. The number of benzene rings is 2. The molecular formula is C21H22FN5S. The molecule has 0 aliphatic carbocycles. The molecule has 0 fully saturated rings. The van der Waals surface area contributed by atoms with Gasteiger partial charge in [0.1, 0.15) is 5.82 Å². The van der Waals surface area contributed by atoms with Crippen molar-refractivity contribution < 1.29 is 4.39 Å². The summed E-state index contributed by atoms with van der Waals surface area (Å²) in [6.07, 6.45) is 1.74. The van der Waals surface area contributed by atoms with Gasteiger partial charge in [0.05, 0.1) is 23.3 Å². The molecule has 3 aromatic rings. The largest absolute Gasteiger partial charge is 0.357 e. The van der Waals surface area contributed by atoms with Crippen LogP contribution in [0.3, 0.4) is 0 Å².